The molecule has 1 aliphatic heterocycles. The van der Waals surface area contributed by atoms with Gasteiger partial charge in [-0.2, -0.15) is 0 Å². The zero-order valence-electron chi connectivity index (χ0n) is 34.6. The van der Waals surface area contributed by atoms with Gasteiger partial charge in [0.25, 0.3) is 0 Å². The Balaban J connectivity index is 1.70. The number of nitrogens with zero attached hydrogens (tertiary/aromatic N) is 2. The molecule has 17 heteroatoms. The average molecular weight is 825 g/mol. The van der Waals surface area contributed by atoms with E-state index in [1.807, 2.05) is 0 Å². The first-order valence-electron chi connectivity index (χ1n) is 20.2. The van der Waals surface area contributed by atoms with Gasteiger partial charge in [-0.3, -0.25) is 28.8 Å². The van der Waals surface area contributed by atoms with Gasteiger partial charge >= 0.3 is 5.97 Å². The van der Waals surface area contributed by atoms with Gasteiger partial charge in [0.15, 0.2) is 0 Å². The van der Waals surface area contributed by atoms with Gasteiger partial charge in [-0.1, -0.05) is 70.4 Å². The van der Waals surface area contributed by atoms with E-state index in [1.165, 1.54) is 90.0 Å². The number of unbranched alkanes of at least 4 members (excludes halogenated alkanes) is 8. The second-order valence-corrected chi connectivity index (χ2v) is 15.1. The zero-order chi connectivity index (χ0) is 43.8. The lowest BCUT2D eigenvalue weighted by Gasteiger charge is -2.30. The number of carboxylic acids is 1. The van der Waals surface area contributed by atoms with Crippen molar-refractivity contribution in [2.24, 2.45) is 0 Å². The van der Waals surface area contributed by atoms with Crippen molar-refractivity contribution in [2.75, 3.05) is 27.2 Å². The number of aliphatic hydroxyl groups excluding tert-OH is 1. The predicted molar refractivity (Wildman–Crippen MR) is 218 cm³/mol. The van der Waals surface area contributed by atoms with Crippen LogP contribution in [0.1, 0.15) is 102 Å². The highest BCUT2D eigenvalue weighted by molar-refractivity contribution is 5.96. The third-order valence-electron chi connectivity index (χ3n) is 10.5. The van der Waals surface area contributed by atoms with Crippen LogP contribution in [0.3, 0.4) is 0 Å². The lowest BCUT2D eigenvalue weighted by Crippen LogP contribution is -2.55. The number of amides is 6. The van der Waals surface area contributed by atoms with Crippen LogP contribution in [0.4, 0.5) is 0 Å². The van der Waals surface area contributed by atoms with Crippen molar-refractivity contribution >= 4 is 41.4 Å². The number of phenols is 2. The summed E-state index contributed by atoms with van der Waals surface area (Å²) in [7, 11) is 2.68. The van der Waals surface area contributed by atoms with Crippen molar-refractivity contribution < 1.29 is 54.0 Å². The molecule has 0 saturated carbocycles. The van der Waals surface area contributed by atoms with E-state index in [9.17, 15) is 54.0 Å². The van der Waals surface area contributed by atoms with E-state index in [4.69, 9.17) is 0 Å². The molecule has 324 valence electrons. The number of rotatable bonds is 19. The van der Waals surface area contributed by atoms with Gasteiger partial charge in [-0.15, -0.1) is 0 Å². The summed E-state index contributed by atoms with van der Waals surface area (Å²) >= 11 is 0. The number of carbonyl (C=O) groups excluding carboxylic acids is 6. The Morgan fingerprint density at radius 2 is 1.41 bits per heavy atom. The number of benzene rings is 2. The van der Waals surface area contributed by atoms with Crippen molar-refractivity contribution in [1.82, 2.24) is 31.1 Å². The molecular formula is C42H60N6O11. The molecule has 59 heavy (non-hydrogen) atoms. The molecule has 0 fully saturated rings. The van der Waals surface area contributed by atoms with E-state index < -0.39 is 78.9 Å². The van der Waals surface area contributed by atoms with Crippen LogP contribution in [0, 0.1) is 0 Å². The van der Waals surface area contributed by atoms with Crippen LogP contribution in [-0.4, -0.2) is 123 Å². The van der Waals surface area contributed by atoms with E-state index in [1.54, 1.807) is 0 Å². The van der Waals surface area contributed by atoms with Crippen LogP contribution in [0.25, 0.3) is 11.1 Å². The summed E-state index contributed by atoms with van der Waals surface area (Å²) in [4.78, 5) is 93.7. The van der Waals surface area contributed by atoms with E-state index in [0.29, 0.717) is 12.0 Å². The molecule has 1 heterocycles. The maximum atomic E-state index is 13.8. The molecule has 0 spiro atoms. The SMILES string of the molecule is CCCCCCCCCCCC(=O)N(C)[C@H](CO)C(=O)N[C@H](C)C(=O)NCC(=O)N(C)[C@H]1C(=O)N[C@@H](C)C(=O)N[C@H](C(=O)O)Cc2ccc(O)c(c2)-c2cc1ccc2O. The summed E-state index contributed by atoms with van der Waals surface area (Å²) in [5.41, 5.74) is 0.724. The number of hydrogen-bond donors (Lipinski definition) is 8. The number of carboxylic acid groups (broad SMARTS) is 1. The molecule has 0 unspecified atom stereocenters. The van der Waals surface area contributed by atoms with E-state index in [0.717, 1.165) is 35.5 Å². The van der Waals surface area contributed by atoms with Crippen LogP contribution >= 0.6 is 0 Å². The number of hydrogen-bond acceptors (Lipinski definition) is 10. The Labute approximate surface area is 344 Å². The van der Waals surface area contributed by atoms with Gasteiger partial charge < -0.3 is 51.5 Å². The first-order chi connectivity index (χ1) is 28.0. The Bertz CT molecular complexity index is 1820. The quantitative estimate of drug-likeness (QED) is 0.0954. The average Bonchev–Trinajstić information content (AvgIpc) is 3.19. The number of carbonyl (C=O) groups is 7. The first kappa shape index (κ1) is 47.7. The number of fused-ring (bicyclic) bond motifs is 5. The zero-order valence-corrected chi connectivity index (χ0v) is 34.6. The molecule has 8 N–H and O–H groups in total. The monoisotopic (exact) mass is 824 g/mol. The number of likely N-dealkylation sites (N-methyl/N-ethyl adjacent to an activating group) is 2. The van der Waals surface area contributed by atoms with Crippen LogP contribution in [0.5, 0.6) is 11.5 Å². The largest absolute Gasteiger partial charge is 0.507 e. The molecule has 0 radical (unpaired) electrons. The normalized spacial score (nSPS) is 17.6. The van der Waals surface area contributed by atoms with Crippen LogP contribution in [-0.2, 0) is 40.0 Å². The second kappa shape index (κ2) is 23.0. The fourth-order valence-corrected chi connectivity index (χ4v) is 6.78. The number of phenolic OH excluding ortho intramolecular Hbond substituents is 2. The van der Waals surface area contributed by atoms with E-state index in [2.05, 4.69) is 28.2 Å². The Kier molecular flexibility index (Phi) is 18.6. The van der Waals surface area contributed by atoms with Gasteiger partial charge in [-0.05, 0) is 55.7 Å². The van der Waals surface area contributed by atoms with Crippen LogP contribution in [0.15, 0.2) is 36.4 Å². The molecule has 1 aliphatic rings. The minimum Gasteiger partial charge on any atom is -0.507 e. The molecule has 2 aromatic carbocycles. The molecule has 0 saturated heterocycles. The van der Waals surface area contributed by atoms with Gasteiger partial charge in [0.1, 0.15) is 41.7 Å². The van der Waals surface area contributed by atoms with Gasteiger partial charge in [0.2, 0.25) is 35.4 Å². The Morgan fingerprint density at radius 3 is 2.02 bits per heavy atom. The third-order valence-corrected chi connectivity index (χ3v) is 10.5. The summed E-state index contributed by atoms with van der Waals surface area (Å²) in [6.07, 6.45) is 9.70. The number of aliphatic hydroxyl groups is 1. The molecule has 3 rings (SSSR count). The lowest BCUT2D eigenvalue weighted by molar-refractivity contribution is -0.143. The highest BCUT2D eigenvalue weighted by Crippen LogP contribution is 2.38. The van der Waals surface area contributed by atoms with E-state index in [-0.39, 0.29) is 46.9 Å². The molecule has 6 amide bonds. The number of aromatic hydroxyl groups is 2. The minimum absolute atomic E-state index is 0.0661. The van der Waals surface area contributed by atoms with Gasteiger partial charge in [0, 0.05) is 38.1 Å². The molecule has 2 aromatic rings. The second-order valence-electron chi connectivity index (χ2n) is 15.1. The molecule has 0 aromatic heterocycles. The van der Waals surface area contributed by atoms with Crippen molar-refractivity contribution in [3.05, 3.63) is 47.5 Å². The highest BCUT2D eigenvalue weighted by atomic mass is 16.4. The molecule has 17 nitrogen and oxygen atoms in total. The van der Waals surface area contributed by atoms with Gasteiger partial charge in [0.05, 0.1) is 13.2 Å². The summed E-state index contributed by atoms with van der Waals surface area (Å²) in [6.45, 7) is 3.53. The minimum atomic E-state index is -1.47. The lowest BCUT2D eigenvalue weighted by atomic mass is 9.94. The molecule has 4 bridgehead atoms. The fourth-order valence-electron chi connectivity index (χ4n) is 6.78. The maximum absolute atomic E-state index is 13.8. The number of aliphatic carboxylic acids is 1. The third kappa shape index (κ3) is 13.7. The summed E-state index contributed by atoms with van der Waals surface area (Å²) in [5.74, 6) is -6.25. The van der Waals surface area contributed by atoms with Crippen molar-refractivity contribution in [2.45, 2.75) is 122 Å². The summed E-state index contributed by atoms with van der Waals surface area (Å²) in [5, 5.41) is 51.1. The standard InChI is InChI=1S/C42H60N6O11/c1-6-7-8-9-10-11-12-13-14-15-35(52)47(4)32(24-49)40(56)44-25(2)38(54)43-23-36(53)48(5)37-28-17-19-34(51)30(22-28)29-20-27(16-18-33(29)50)21-31(42(58)59)46-39(55)26(3)45-41(37)57/h16-20,22,25-26,31-32,37,49-51H,6-15,21,23-24H2,1-5H3,(H,43,54)(H,44,56)(H,45,57)(H,46,55)(H,58,59)/t25-,26+,31+,32-,37-/m1/s1. The van der Waals surface area contributed by atoms with Crippen LogP contribution in [0.2, 0.25) is 0 Å². The highest BCUT2D eigenvalue weighted by Gasteiger charge is 2.34. The smallest absolute Gasteiger partial charge is 0.326 e. The van der Waals surface area contributed by atoms with Crippen molar-refractivity contribution in [3.63, 3.8) is 0 Å². The number of nitrogens with one attached hydrogen (secondary N) is 4. The molecule has 5 atom stereocenters. The maximum Gasteiger partial charge on any atom is 0.326 e. The fraction of sp³-hybridized carbons (Fsp3) is 0.548. The summed E-state index contributed by atoms with van der Waals surface area (Å²) < 4.78 is 0. The van der Waals surface area contributed by atoms with Crippen molar-refractivity contribution in [3.8, 4) is 22.6 Å². The molecular weight excluding hydrogens is 764 g/mol. The van der Waals surface area contributed by atoms with Gasteiger partial charge in [-0.25, -0.2) is 4.79 Å². The predicted octanol–water partition coefficient (Wildman–Crippen LogP) is 2.26. The topological polar surface area (TPSA) is 255 Å². The van der Waals surface area contributed by atoms with Crippen molar-refractivity contribution in [1.29, 1.82) is 0 Å². The Hall–Kier alpha value is -5.71. The van der Waals surface area contributed by atoms with E-state index >= 15 is 0 Å². The Morgan fingerprint density at radius 1 is 0.814 bits per heavy atom. The summed E-state index contributed by atoms with van der Waals surface area (Å²) in [6, 6.07) is 1.62. The molecule has 0 aliphatic carbocycles. The van der Waals surface area contributed by atoms with Crippen LogP contribution < -0.4 is 21.3 Å². The first-order valence-corrected chi connectivity index (χ1v) is 20.2.